The summed E-state index contributed by atoms with van der Waals surface area (Å²) in [4.78, 5) is 0. The van der Waals surface area contributed by atoms with E-state index in [4.69, 9.17) is 9.47 Å². The summed E-state index contributed by atoms with van der Waals surface area (Å²) in [5.41, 5.74) is 2.92. The molecule has 2 aromatic carbocycles. The molecule has 0 fully saturated rings. The molecule has 0 atom stereocenters. The molecule has 23 heavy (non-hydrogen) atoms. The van der Waals surface area contributed by atoms with E-state index in [2.05, 4.69) is 10.3 Å². The minimum Gasteiger partial charge on any atom is -0.493 e. The van der Waals surface area contributed by atoms with E-state index in [1.54, 1.807) is 18.9 Å². The fourth-order valence-corrected chi connectivity index (χ4v) is 2.44. The van der Waals surface area contributed by atoms with Crippen molar-refractivity contribution >= 4 is 0 Å². The molecule has 1 heterocycles. The third-order valence-electron chi connectivity index (χ3n) is 3.55. The molecule has 0 aliphatic carbocycles. The largest absolute Gasteiger partial charge is 0.493 e. The number of nitrogens with zero attached hydrogens (tertiary/aromatic N) is 3. The highest BCUT2D eigenvalue weighted by atomic mass is 16.5. The summed E-state index contributed by atoms with van der Waals surface area (Å²) < 4.78 is 12.3. The molecule has 0 saturated heterocycles. The van der Waals surface area contributed by atoms with Crippen molar-refractivity contribution in [2.24, 2.45) is 0 Å². The third-order valence-corrected chi connectivity index (χ3v) is 3.55. The maximum atomic E-state index is 9.60. The molecule has 0 aliphatic rings. The Balaban J connectivity index is 2.18. The molecule has 0 spiro atoms. The Morgan fingerprint density at radius 1 is 1.00 bits per heavy atom. The number of ether oxygens (including phenoxy) is 2. The molecule has 0 amide bonds. The van der Waals surface area contributed by atoms with E-state index in [0.717, 1.165) is 16.9 Å². The van der Waals surface area contributed by atoms with Gasteiger partial charge in [0.15, 0.2) is 11.5 Å². The summed E-state index contributed by atoms with van der Waals surface area (Å²) in [6, 6.07) is 15.2. The van der Waals surface area contributed by atoms with Crippen molar-refractivity contribution in [2.75, 3.05) is 14.2 Å². The predicted octanol–water partition coefficient (Wildman–Crippen LogP) is 2.44. The zero-order valence-electron chi connectivity index (χ0n) is 12.9. The van der Waals surface area contributed by atoms with Gasteiger partial charge in [0.1, 0.15) is 11.4 Å². The molecule has 0 aliphatic heterocycles. The molecule has 0 saturated carbocycles. The maximum absolute atomic E-state index is 9.60. The van der Waals surface area contributed by atoms with Crippen LogP contribution in [0.1, 0.15) is 5.69 Å². The van der Waals surface area contributed by atoms with E-state index in [-0.39, 0.29) is 6.61 Å². The van der Waals surface area contributed by atoms with Gasteiger partial charge in [-0.3, -0.25) is 0 Å². The lowest BCUT2D eigenvalue weighted by Gasteiger charge is -2.11. The monoisotopic (exact) mass is 311 g/mol. The Hall–Kier alpha value is -2.86. The minimum atomic E-state index is -0.198. The Morgan fingerprint density at radius 2 is 1.74 bits per heavy atom. The molecule has 3 aromatic rings. The van der Waals surface area contributed by atoms with Crippen LogP contribution in [0.3, 0.4) is 0 Å². The molecule has 0 unspecified atom stereocenters. The lowest BCUT2D eigenvalue weighted by Crippen LogP contribution is -2.00. The van der Waals surface area contributed by atoms with Crippen LogP contribution in [0.15, 0.2) is 48.5 Å². The van der Waals surface area contributed by atoms with E-state index in [1.165, 1.54) is 0 Å². The van der Waals surface area contributed by atoms with Crippen LogP contribution in [-0.4, -0.2) is 34.3 Å². The lowest BCUT2D eigenvalue weighted by molar-refractivity contribution is 0.277. The molecular weight excluding hydrogens is 294 g/mol. The van der Waals surface area contributed by atoms with Crippen LogP contribution in [0, 0.1) is 0 Å². The van der Waals surface area contributed by atoms with Crippen LogP contribution in [0.4, 0.5) is 0 Å². The van der Waals surface area contributed by atoms with Crippen molar-refractivity contribution in [1.29, 1.82) is 0 Å². The predicted molar refractivity (Wildman–Crippen MR) is 85.8 cm³/mol. The van der Waals surface area contributed by atoms with E-state index in [1.807, 2.05) is 48.5 Å². The number of hydrogen-bond donors (Lipinski definition) is 1. The van der Waals surface area contributed by atoms with E-state index < -0.39 is 0 Å². The van der Waals surface area contributed by atoms with Gasteiger partial charge < -0.3 is 14.6 Å². The van der Waals surface area contributed by atoms with Crippen LogP contribution >= 0.6 is 0 Å². The van der Waals surface area contributed by atoms with E-state index >= 15 is 0 Å². The first-order valence-electron chi connectivity index (χ1n) is 7.11. The first-order valence-corrected chi connectivity index (χ1v) is 7.11. The molecule has 6 heteroatoms. The topological polar surface area (TPSA) is 69.4 Å². The van der Waals surface area contributed by atoms with Gasteiger partial charge in [-0.15, -0.1) is 5.10 Å². The van der Waals surface area contributed by atoms with Crippen LogP contribution < -0.4 is 9.47 Å². The fourth-order valence-electron chi connectivity index (χ4n) is 2.44. The second kappa shape index (κ2) is 6.50. The standard InChI is InChI=1S/C17H17N3O3/c1-22-15-9-8-12(10-16(15)23-2)17-14(11-21)18-19-20(17)13-6-4-3-5-7-13/h3-10,21H,11H2,1-2H3. The van der Waals surface area contributed by atoms with E-state index in [9.17, 15) is 5.11 Å². The quantitative estimate of drug-likeness (QED) is 0.784. The summed E-state index contributed by atoms with van der Waals surface area (Å²) in [6.45, 7) is -0.198. The first-order chi connectivity index (χ1) is 11.3. The average Bonchev–Trinajstić information content (AvgIpc) is 3.05. The smallest absolute Gasteiger partial charge is 0.161 e. The van der Waals surface area contributed by atoms with Gasteiger partial charge in [-0.2, -0.15) is 0 Å². The van der Waals surface area contributed by atoms with Crippen LogP contribution in [-0.2, 0) is 6.61 Å². The number of benzene rings is 2. The van der Waals surface area contributed by atoms with Gasteiger partial charge in [0.25, 0.3) is 0 Å². The van der Waals surface area contributed by atoms with Gasteiger partial charge in [0.05, 0.1) is 26.5 Å². The molecule has 1 aromatic heterocycles. The lowest BCUT2D eigenvalue weighted by atomic mass is 10.1. The van der Waals surface area contributed by atoms with Crippen LogP contribution in [0.25, 0.3) is 16.9 Å². The van der Waals surface area contributed by atoms with Gasteiger partial charge in [0.2, 0.25) is 0 Å². The van der Waals surface area contributed by atoms with Crippen molar-refractivity contribution in [3.8, 4) is 28.4 Å². The number of aliphatic hydroxyl groups is 1. The number of rotatable bonds is 5. The Bertz CT molecular complexity index is 800. The van der Waals surface area contributed by atoms with E-state index in [0.29, 0.717) is 17.2 Å². The highest BCUT2D eigenvalue weighted by Gasteiger charge is 2.17. The number of aliphatic hydroxyl groups excluding tert-OH is 1. The third kappa shape index (κ3) is 2.76. The van der Waals surface area contributed by atoms with Crippen molar-refractivity contribution in [3.63, 3.8) is 0 Å². The number of hydrogen-bond acceptors (Lipinski definition) is 5. The van der Waals surface area contributed by atoms with Gasteiger partial charge in [-0.1, -0.05) is 23.4 Å². The summed E-state index contributed by atoms with van der Waals surface area (Å²) in [6.07, 6.45) is 0. The van der Waals surface area contributed by atoms with Crippen molar-refractivity contribution in [1.82, 2.24) is 15.0 Å². The fraction of sp³-hybridized carbons (Fsp3) is 0.176. The zero-order valence-corrected chi connectivity index (χ0v) is 12.9. The van der Waals surface area contributed by atoms with Crippen LogP contribution in [0.5, 0.6) is 11.5 Å². The first kappa shape index (κ1) is 15.1. The second-order valence-corrected chi connectivity index (χ2v) is 4.86. The maximum Gasteiger partial charge on any atom is 0.161 e. The van der Waals surface area contributed by atoms with Gasteiger partial charge in [0, 0.05) is 5.56 Å². The van der Waals surface area contributed by atoms with Gasteiger partial charge in [-0.05, 0) is 30.3 Å². The summed E-state index contributed by atoms with van der Waals surface area (Å²) in [5, 5.41) is 17.8. The number of para-hydroxylation sites is 1. The van der Waals surface area contributed by atoms with Crippen LogP contribution in [0.2, 0.25) is 0 Å². The SMILES string of the molecule is COc1ccc(-c2c(CO)nnn2-c2ccccc2)cc1OC. The second-order valence-electron chi connectivity index (χ2n) is 4.86. The Labute approximate surface area is 133 Å². The molecule has 0 bridgehead atoms. The molecule has 1 N–H and O–H groups in total. The Morgan fingerprint density at radius 3 is 2.39 bits per heavy atom. The van der Waals surface area contributed by atoms with Crippen molar-refractivity contribution in [2.45, 2.75) is 6.61 Å². The number of methoxy groups -OCH3 is 2. The summed E-state index contributed by atoms with van der Waals surface area (Å²) >= 11 is 0. The summed E-state index contributed by atoms with van der Waals surface area (Å²) in [5.74, 6) is 1.25. The normalized spacial score (nSPS) is 10.6. The van der Waals surface area contributed by atoms with Crippen molar-refractivity contribution in [3.05, 3.63) is 54.2 Å². The molecule has 3 rings (SSSR count). The van der Waals surface area contributed by atoms with Gasteiger partial charge >= 0.3 is 0 Å². The highest BCUT2D eigenvalue weighted by Crippen LogP contribution is 2.34. The molecule has 118 valence electrons. The summed E-state index contributed by atoms with van der Waals surface area (Å²) in [7, 11) is 3.17. The van der Waals surface area contributed by atoms with Gasteiger partial charge in [-0.25, -0.2) is 4.68 Å². The molecule has 0 radical (unpaired) electrons. The Kier molecular flexibility index (Phi) is 4.25. The average molecular weight is 311 g/mol. The highest BCUT2D eigenvalue weighted by molar-refractivity contribution is 5.67. The number of aromatic nitrogens is 3. The minimum absolute atomic E-state index is 0.198. The molecular formula is C17H17N3O3. The van der Waals surface area contributed by atoms with Crippen molar-refractivity contribution < 1.29 is 14.6 Å². The zero-order chi connectivity index (χ0) is 16.2. The molecule has 6 nitrogen and oxygen atoms in total.